The molecule has 104 valence electrons. The van der Waals surface area contributed by atoms with E-state index >= 15 is 0 Å². The van der Waals surface area contributed by atoms with E-state index in [0.717, 1.165) is 16.1 Å². The van der Waals surface area contributed by atoms with Crippen LogP contribution in [-0.2, 0) is 14.8 Å². The van der Waals surface area contributed by atoms with Gasteiger partial charge in [-0.1, -0.05) is 0 Å². The minimum atomic E-state index is -4.23. The maximum Gasteiger partial charge on any atom is 0.322 e. The highest BCUT2D eigenvalue weighted by molar-refractivity contribution is 8.00. The van der Waals surface area contributed by atoms with Gasteiger partial charge in [0.1, 0.15) is 17.7 Å². The Morgan fingerprint density at radius 1 is 1.32 bits per heavy atom. The molecule has 19 heavy (non-hydrogen) atoms. The maximum atomic E-state index is 13.1. The van der Waals surface area contributed by atoms with E-state index in [-0.39, 0.29) is 11.6 Å². The standard InChI is InChI=1S/C10H9F2NO4S2/c11-6-1-7(12)3-8(2-6)19(16,17)13-5-18-4-9(13)10(14)15/h1-3,9H,4-5H2,(H,14,15). The summed E-state index contributed by atoms with van der Waals surface area (Å²) >= 11 is 1.13. The highest BCUT2D eigenvalue weighted by atomic mass is 32.2. The molecule has 0 radical (unpaired) electrons. The van der Waals surface area contributed by atoms with Gasteiger partial charge < -0.3 is 5.11 Å². The van der Waals surface area contributed by atoms with Crippen molar-refractivity contribution >= 4 is 27.8 Å². The van der Waals surface area contributed by atoms with Crippen LogP contribution in [0.4, 0.5) is 8.78 Å². The molecule has 0 amide bonds. The van der Waals surface area contributed by atoms with E-state index in [9.17, 15) is 22.0 Å². The molecule has 2 rings (SSSR count). The van der Waals surface area contributed by atoms with Crippen LogP contribution in [0.5, 0.6) is 0 Å². The first-order valence-corrected chi connectivity index (χ1v) is 7.70. The monoisotopic (exact) mass is 309 g/mol. The first-order chi connectivity index (χ1) is 8.82. The Morgan fingerprint density at radius 3 is 2.42 bits per heavy atom. The van der Waals surface area contributed by atoms with Gasteiger partial charge in [0, 0.05) is 11.8 Å². The van der Waals surface area contributed by atoms with Crippen LogP contribution in [0.25, 0.3) is 0 Å². The summed E-state index contributed by atoms with van der Waals surface area (Å²) in [5.74, 6) is -3.30. The lowest BCUT2D eigenvalue weighted by atomic mass is 10.3. The second kappa shape index (κ2) is 5.06. The first kappa shape index (κ1) is 14.2. The van der Waals surface area contributed by atoms with Gasteiger partial charge in [-0.15, -0.1) is 11.8 Å². The van der Waals surface area contributed by atoms with E-state index in [1.54, 1.807) is 0 Å². The lowest BCUT2D eigenvalue weighted by molar-refractivity contribution is -0.140. The van der Waals surface area contributed by atoms with E-state index in [1.165, 1.54) is 0 Å². The van der Waals surface area contributed by atoms with Crippen molar-refractivity contribution in [3.05, 3.63) is 29.8 Å². The van der Waals surface area contributed by atoms with Crippen LogP contribution < -0.4 is 0 Å². The fraction of sp³-hybridized carbons (Fsp3) is 0.300. The third kappa shape index (κ3) is 2.72. The average molecular weight is 309 g/mol. The number of rotatable bonds is 3. The third-order valence-electron chi connectivity index (χ3n) is 2.57. The number of sulfonamides is 1. The number of thioether (sulfide) groups is 1. The second-order valence-corrected chi connectivity index (χ2v) is 6.74. The van der Waals surface area contributed by atoms with Crippen LogP contribution in [0.3, 0.4) is 0 Å². The number of hydrogen-bond donors (Lipinski definition) is 1. The van der Waals surface area contributed by atoms with Gasteiger partial charge in [-0.2, -0.15) is 4.31 Å². The number of aliphatic carboxylic acids is 1. The molecule has 1 fully saturated rings. The summed E-state index contributed by atoms with van der Waals surface area (Å²) in [5.41, 5.74) is 0. The minimum Gasteiger partial charge on any atom is -0.480 e. The van der Waals surface area contributed by atoms with Gasteiger partial charge in [0.2, 0.25) is 10.0 Å². The fourth-order valence-electron chi connectivity index (χ4n) is 1.67. The van der Waals surface area contributed by atoms with Crippen molar-refractivity contribution < 1.29 is 27.1 Å². The summed E-state index contributed by atoms with van der Waals surface area (Å²) in [7, 11) is -4.23. The third-order valence-corrected chi connectivity index (χ3v) is 5.58. The quantitative estimate of drug-likeness (QED) is 0.905. The van der Waals surface area contributed by atoms with Gasteiger partial charge >= 0.3 is 5.97 Å². The second-order valence-electron chi connectivity index (χ2n) is 3.85. The van der Waals surface area contributed by atoms with Gasteiger partial charge in [0.25, 0.3) is 0 Å². The van der Waals surface area contributed by atoms with Gasteiger partial charge in [-0.3, -0.25) is 4.79 Å². The van der Waals surface area contributed by atoms with E-state index in [1.807, 2.05) is 0 Å². The fourth-order valence-corrected chi connectivity index (χ4v) is 4.85. The molecule has 5 nitrogen and oxygen atoms in total. The first-order valence-electron chi connectivity index (χ1n) is 5.11. The normalized spacial score (nSPS) is 20.6. The van der Waals surface area contributed by atoms with Gasteiger partial charge in [-0.25, -0.2) is 17.2 Å². The van der Waals surface area contributed by atoms with Crippen LogP contribution in [0.2, 0.25) is 0 Å². The average Bonchev–Trinajstić information content (AvgIpc) is 2.76. The molecule has 0 aliphatic carbocycles. The van der Waals surface area contributed by atoms with Crippen LogP contribution in [0.1, 0.15) is 0 Å². The van der Waals surface area contributed by atoms with E-state index in [2.05, 4.69) is 0 Å². The molecule has 1 saturated heterocycles. The molecule has 0 spiro atoms. The summed E-state index contributed by atoms with van der Waals surface area (Å²) in [6.07, 6.45) is 0. The topological polar surface area (TPSA) is 74.7 Å². The SMILES string of the molecule is O=C(O)C1CSCN1S(=O)(=O)c1cc(F)cc(F)c1. The number of carboxylic acids is 1. The number of benzene rings is 1. The zero-order chi connectivity index (χ0) is 14.2. The number of halogens is 2. The Balaban J connectivity index is 2.44. The van der Waals surface area contributed by atoms with Crippen molar-refractivity contribution in [2.45, 2.75) is 10.9 Å². The molecule has 1 aromatic carbocycles. The van der Waals surface area contributed by atoms with E-state index in [4.69, 9.17) is 5.11 Å². The largest absolute Gasteiger partial charge is 0.480 e. The van der Waals surface area contributed by atoms with E-state index in [0.29, 0.717) is 18.2 Å². The lowest BCUT2D eigenvalue weighted by Gasteiger charge is -2.20. The predicted molar refractivity (Wildman–Crippen MR) is 64.1 cm³/mol. The molecule has 0 saturated carbocycles. The summed E-state index contributed by atoms with van der Waals surface area (Å²) in [6, 6.07) is 0.661. The molecular formula is C10H9F2NO4S2. The summed E-state index contributed by atoms with van der Waals surface area (Å²) < 4.78 is 51.2. The molecule has 1 aliphatic rings. The van der Waals surface area contributed by atoms with Crippen molar-refractivity contribution in [3.8, 4) is 0 Å². The van der Waals surface area contributed by atoms with Crippen LogP contribution in [0, 0.1) is 11.6 Å². The Labute approximate surface area is 112 Å². The molecule has 1 unspecified atom stereocenters. The number of carbonyl (C=O) groups is 1. The Bertz CT molecular complexity index is 600. The molecule has 1 atom stereocenters. The van der Waals surface area contributed by atoms with E-state index < -0.39 is 38.6 Å². The maximum absolute atomic E-state index is 13.1. The minimum absolute atomic E-state index is 0.0581. The van der Waals surface area contributed by atoms with Crippen molar-refractivity contribution in [1.29, 1.82) is 0 Å². The smallest absolute Gasteiger partial charge is 0.322 e. The number of nitrogens with zero attached hydrogens (tertiary/aromatic N) is 1. The lowest BCUT2D eigenvalue weighted by Crippen LogP contribution is -2.41. The van der Waals surface area contributed by atoms with Crippen LogP contribution in [0.15, 0.2) is 23.1 Å². The Hall–Kier alpha value is -1.19. The Kier molecular flexibility index (Phi) is 3.79. The summed E-state index contributed by atoms with van der Waals surface area (Å²) in [4.78, 5) is 10.4. The van der Waals surface area contributed by atoms with Crippen LogP contribution >= 0.6 is 11.8 Å². The molecule has 0 bridgehead atoms. The van der Waals surface area contributed by atoms with Crippen LogP contribution in [-0.4, -0.2) is 41.5 Å². The highest BCUT2D eigenvalue weighted by Gasteiger charge is 2.40. The molecular weight excluding hydrogens is 300 g/mol. The molecule has 9 heteroatoms. The summed E-state index contributed by atoms with van der Waals surface area (Å²) in [5, 5.41) is 8.94. The molecule has 1 aromatic rings. The highest BCUT2D eigenvalue weighted by Crippen LogP contribution is 2.29. The van der Waals surface area contributed by atoms with Crippen molar-refractivity contribution in [3.63, 3.8) is 0 Å². The molecule has 1 aliphatic heterocycles. The number of carboxylic acid groups (broad SMARTS) is 1. The van der Waals surface area contributed by atoms with Gasteiger partial charge in [-0.05, 0) is 12.1 Å². The molecule has 1 heterocycles. The summed E-state index contributed by atoms with van der Waals surface area (Å²) in [6.45, 7) is 0. The molecule has 1 N–H and O–H groups in total. The van der Waals surface area contributed by atoms with Crippen molar-refractivity contribution in [1.82, 2.24) is 4.31 Å². The predicted octanol–water partition coefficient (Wildman–Crippen LogP) is 1.11. The van der Waals surface area contributed by atoms with Gasteiger partial charge in [0.15, 0.2) is 0 Å². The zero-order valence-corrected chi connectivity index (χ0v) is 11.0. The van der Waals surface area contributed by atoms with Crippen molar-refractivity contribution in [2.24, 2.45) is 0 Å². The molecule has 0 aromatic heterocycles. The number of hydrogen-bond acceptors (Lipinski definition) is 4. The van der Waals surface area contributed by atoms with Gasteiger partial charge in [0.05, 0.1) is 10.8 Å². The zero-order valence-electron chi connectivity index (χ0n) is 9.42. The Morgan fingerprint density at radius 2 is 1.89 bits per heavy atom. The van der Waals surface area contributed by atoms with Crippen molar-refractivity contribution in [2.75, 3.05) is 11.6 Å².